The fourth-order valence-corrected chi connectivity index (χ4v) is 1.70. The number of nitrogen functional groups attached to an aromatic ring is 1. The van der Waals surface area contributed by atoms with Crippen molar-refractivity contribution in [1.82, 2.24) is 15.0 Å². The second kappa shape index (κ2) is 5.65. The number of aromatic nitrogens is 3. The van der Waals surface area contributed by atoms with Crippen LogP contribution in [0.2, 0.25) is 0 Å². The molecule has 0 radical (unpaired) electrons. The molecule has 0 aromatic carbocycles. The fourth-order valence-electron chi connectivity index (χ4n) is 1.70. The number of nitrogens with one attached hydrogen (secondary N) is 1. The van der Waals surface area contributed by atoms with E-state index < -0.39 is 0 Å². The zero-order chi connectivity index (χ0) is 13.8. The molecule has 2 aromatic heterocycles. The summed E-state index contributed by atoms with van der Waals surface area (Å²) in [5, 5.41) is 3.27. The molecule has 5 heteroatoms. The van der Waals surface area contributed by atoms with E-state index in [0.717, 1.165) is 17.2 Å². The molecule has 2 aromatic rings. The first-order valence-electron chi connectivity index (χ1n) is 6.34. The van der Waals surface area contributed by atoms with E-state index in [1.165, 1.54) is 5.56 Å². The summed E-state index contributed by atoms with van der Waals surface area (Å²) in [6.07, 6.45) is 3.65. The molecule has 0 amide bonds. The number of hydrogen-bond donors (Lipinski definition) is 2. The predicted octanol–water partition coefficient (Wildman–Crippen LogP) is 2.50. The van der Waals surface area contributed by atoms with Crippen molar-refractivity contribution >= 4 is 11.6 Å². The van der Waals surface area contributed by atoms with Gasteiger partial charge >= 0.3 is 0 Å². The average Bonchev–Trinajstić information content (AvgIpc) is 2.37. The second-order valence-corrected chi connectivity index (χ2v) is 4.85. The predicted molar refractivity (Wildman–Crippen MR) is 76.8 cm³/mol. The summed E-state index contributed by atoms with van der Waals surface area (Å²) < 4.78 is 0. The van der Waals surface area contributed by atoms with Gasteiger partial charge in [0.2, 0.25) is 0 Å². The van der Waals surface area contributed by atoms with Crippen LogP contribution in [0.1, 0.15) is 36.7 Å². The van der Waals surface area contributed by atoms with Crippen molar-refractivity contribution in [3.8, 4) is 0 Å². The molecular formula is C14H19N5. The van der Waals surface area contributed by atoms with Gasteiger partial charge in [-0.1, -0.05) is 13.8 Å². The standard InChI is InChI=1S/C14H19N5/c1-9(2)14-18-12(15)6-13(19-14)17-8-11-7-16-5-4-10(11)3/h4-7,9H,8H2,1-3H3,(H3,15,17,18,19). The Bertz CT molecular complexity index is 566. The highest BCUT2D eigenvalue weighted by Crippen LogP contribution is 2.16. The van der Waals surface area contributed by atoms with Crippen LogP contribution in [0.25, 0.3) is 0 Å². The first-order valence-corrected chi connectivity index (χ1v) is 6.34. The number of anilines is 2. The minimum Gasteiger partial charge on any atom is -0.384 e. The summed E-state index contributed by atoms with van der Waals surface area (Å²) in [5.74, 6) is 2.25. The number of hydrogen-bond acceptors (Lipinski definition) is 5. The smallest absolute Gasteiger partial charge is 0.135 e. The summed E-state index contributed by atoms with van der Waals surface area (Å²) in [7, 11) is 0. The van der Waals surface area contributed by atoms with Gasteiger partial charge in [0, 0.05) is 30.9 Å². The monoisotopic (exact) mass is 257 g/mol. The number of pyridine rings is 1. The Balaban J connectivity index is 2.14. The third-order valence-electron chi connectivity index (χ3n) is 2.89. The van der Waals surface area contributed by atoms with Crippen LogP contribution in [0.15, 0.2) is 24.5 Å². The molecule has 100 valence electrons. The molecule has 0 aliphatic rings. The van der Waals surface area contributed by atoms with Crippen molar-refractivity contribution in [2.75, 3.05) is 11.1 Å². The van der Waals surface area contributed by atoms with E-state index in [9.17, 15) is 0 Å². The van der Waals surface area contributed by atoms with Gasteiger partial charge in [0.25, 0.3) is 0 Å². The zero-order valence-electron chi connectivity index (χ0n) is 11.5. The molecule has 0 aliphatic heterocycles. The van der Waals surface area contributed by atoms with E-state index >= 15 is 0 Å². The van der Waals surface area contributed by atoms with Crippen LogP contribution in [0.3, 0.4) is 0 Å². The van der Waals surface area contributed by atoms with Crippen LogP contribution in [0, 0.1) is 6.92 Å². The molecule has 5 nitrogen and oxygen atoms in total. The second-order valence-electron chi connectivity index (χ2n) is 4.85. The maximum Gasteiger partial charge on any atom is 0.135 e. The first kappa shape index (κ1) is 13.3. The van der Waals surface area contributed by atoms with Crippen LogP contribution < -0.4 is 11.1 Å². The Hall–Kier alpha value is -2.17. The third kappa shape index (κ3) is 3.40. The van der Waals surface area contributed by atoms with E-state index in [4.69, 9.17) is 5.73 Å². The van der Waals surface area contributed by atoms with Gasteiger partial charge in [-0.2, -0.15) is 0 Å². The van der Waals surface area contributed by atoms with E-state index in [1.807, 2.05) is 26.1 Å². The average molecular weight is 257 g/mol. The van der Waals surface area contributed by atoms with Gasteiger partial charge in [-0.3, -0.25) is 4.98 Å². The molecule has 0 spiro atoms. The maximum atomic E-state index is 5.79. The molecule has 0 bridgehead atoms. The lowest BCUT2D eigenvalue weighted by Gasteiger charge is -2.11. The zero-order valence-corrected chi connectivity index (χ0v) is 11.5. The minimum atomic E-state index is 0.254. The number of nitrogens with two attached hydrogens (primary N) is 1. The summed E-state index contributed by atoms with van der Waals surface area (Å²) >= 11 is 0. The molecule has 2 heterocycles. The summed E-state index contributed by atoms with van der Waals surface area (Å²) in [6, 6.07) is 3.74. The molecule has 19 heavy (non-hydrogen) atoms. The molecule has 0 aliphatic carbocycles. The van der Waals surface area contributed by atoms with Crippen molar-refractivity contribution in [3.63, 3.8) is 0 Å². The van der Waals surface area contributed by atoms with Gasteiger partial charge in [-0.05, 0) is 24.1 Å². The van der Waals surface area contributed by atoms with Gasteiger partial charge in [-0.25, -0.2) is 9.97 Å². The van der Waals surface area contributed by atoms with Crippen LogP contribution in [-0.2, 0) is 6.54 Å². The number of rotatable bonds is 4. The fraction of sp³-hybridized carbons (Fsp3) is 0.357. The highest BCUT2D eigenvalue weighted by Gasteiger charge is 2.06. The van der Waals surface area contributed by atoms with Gasteiger partial charge < -0.3 is 11.1 Å². The largest absolute Gasteiger partial charge is 0.384 e. The van der Waals surface area contributed by atoms with Crippen molar-refractivity contribution < 1.29 is 0 Å². The highest BCUT2D eigenvalue weighted by atomic mass is 15.0. The van der Waals surface area contributed by atoms with E-state index in [-0.39, 0.29) is 5.92 Å². The number of aryl methyl sites for hydroxylation is 1. The minimum absolute atomic E-state index is 0.254. The molecule has 0 atom stereocenters. The quantitative estimate of drug-likeness (QED) is 0.880. The molecule has 0 saturated heterocycles. The van der Waals surface area contributed by atoms with Crippen LogP contribution in [0.5, 0.6) is 0 Å². The van der Waals surface area contributed by atoms with Crippen molar-refractivity contribution in [1.29, 1.82) is 0 Å². The van der Waals surface area contributed by atoms with Gasteiger partial charge in [0.15, 0.2) is 0 Å². The van der Waals surface area contributed by atoms with Gasteiger partial charge in [-0.15, -0.1) is 0 Å². The molecular weight excluding hydrogens is 238 g/mol. The van der Waals surface area contributed by atoms with E-state index in [0.29, 0.717) is 12.4 Å². The van der Waals surface area contributed by atoms with Crippen molar-refractivity contribution in [2.24, 2.45) is 0 Å². The highest BCUT2D eigenvalue weighted by molar-refractivity contribution is 5.45. The molecule has 0 fully saturated rings. The van der Waals surface area contributed by atoms with E-state index in [1.54, 1.807) is 12.3 Å². The Kier molecular flexibility index (Phi) is 3.94. The molecule has 3 N–H and O–H groups in total. The van der Waals surface area contributed by atoms with Crippen molar-refractivity contribution in [3.05, 3.63) is 41.5 Å². The maximum absolute atomic E-state index is 5.79. The Morgan fingerprint density at radius 2 is 2.11 bits per heavy atom. The lowest BCUT2D eigenvalue weighted by molar-refractivity contribution is 0.777. The van der Waals surface area contributed by atoms with Crippen LogP contribution >= 0.6 is 0 Å². The first-order chi connectivity index (χ1) is 9.06. The summed E-state index contributed by atoms with van der Waals surface area (Å²) in [6.45, 7) is 6.83. The summed E-state index contributed by atoms with van der Waals surface area (Å²) in [5.41, 5.74) is 8.14. The van der Waals surface area contributed by atoms with E-state index in [2.05, 4.69) is 27.2 Å². The van der Waals surface area contributed by atoms with Crippen LogP contribution in [-0.4, -0.2) is 15.0 Å². The summed E-state index contributed by atoms with van der Waals surface area (Å²) in [4.78, 5) is 12.8. The Morgan fingerprint density at radius 3 is 2.79 bits per heavy atom. The van der Waals surface area contributed by atoms with Crippen LogP contribution in [0.4, 0.5) is 11.6 Å². The normalized spacial score (nSPS) is 10.7. The Morgan fingerprint density at radius 1 is 1.32 bits per heavy atom. The molecule has 0 saturated carbocycles. The number of nitrogens with zero attached hydrogens (tertiary/aromatic N) is 3. The van der Waals surface area contributed by atoms with Gasteiger partial charge in [0.1, 0.15) is 17.5 Å². The lowest BCUT2D eigenvalue weighted by atomic mass is 10.1. The molecule has 2 rings (SSSR count). The SMILES string of the molecule is Cc1ccncc1CNc1cc(N)nc(C(C)C)n1. The third-order valence-corrected chi connectivity index (χ3v) is 2.89. The Labute approximate surface area is 113 Å². The molecule has 0 unspecified atom stereocenters. The van der Waals surface area contributed by atoms with Gasteiger partial charge in [0.05, 0.1) is 0 Å². The van der Waals surface area contributed by atoms with Crippen molar-refractivity contribution in [2.45, 2.75) is 33.2 Å². The lowest BCUT2D eigenvalue weighted by Crippen LogP contribution is -2.08. The topological polar surface area (TPSA) is 76.7 Å².